The average Bonchev–Trinajstić information content (AvgIpc) is 3.07. The van der Waals surface area contributed by atoms with E-state index in [2.05, 4.69) is 15.0 Å². The van der Waals surface area contributed by atoms with Crippen molar-refractivity contribution in [2.24, 2.45) is 5.92 Å². The molecule has 2 unspecified atom stereocenters. The minimum atomic E-state index is -1.28. The standard InChI is InChI=1S/C17H23N3O4S/c1-11(2)7-14(20-25(4)22)17(21)19-12-5-6-13(15(8-12)23-3)16-9-18-10-24-16/h5-6,8-11,14,20H,7H2,1-4H3,(H,19,21). The number of ether oxygens (including phenoxy) is 1. The van der Waals surface area contributed by atoms with Crippen LogP contribution in [0.1, 0.15) is 20.3 Å². The average molecular weight is 365 g/mol. The van der Waals surface area contributed by atoms with Crippen molar-refractivity contribution in [3.8, 4) is 17.1 Å². The molecule has 25 heavy (non-hydrogen) atoms. The molecule has 2 atom stereocenters. The first-order chi connectivity index (χ1) is 11.9. The summed E-state index contributed by atoms with van der Waals surface area (Å²) < 4.78 is 24.9. The van der Waals surface area contributed by atoms with Crippen LogP contribution in [0, 0.1) is 5.92 Å². The van der Waals surface area contributed by atoms with Crippen LogP contribution in [0.15, 0.2) is 35.2 Å². The van der Waals surface area contributed by atoms with Crippen molar-refractivity contribution in [1.82, 2.24) is 9.71 Å². The zero-order valence-corrected chi connectivity index (χ0v) is 15.6. The molecule has 0 spiro atoms. The topological polar surface area (TPSA) is 93.5 Å². The molecule has 0 fully saturated rings. The molecular formula is C17H23N3O4S. The summed E-state index contributed by atoms with van der Waals surface area (Å²) in [4.78, 5) is 16.4. The molecule has 1 aromatic carbocycles. The van der Waals surface area contributed by atoms with E-state index in [0.717, 1.165) is 5.56 Å². The predicted octanol–water partition coefficient (Wildman–Crippen LogP) is 2.59. The summed E-state index contributed by atoms with van der Waals surface area (Å²) >= 11 is 0. The summed E-state index contributed by atoms with van der Waals surface area (Å²) in [5, 5.41) is 2.84. The van der Waals surface area contributed by atoms with Crippen molar-refractivity contribution < 1.29 is 18.2 Å². The Hall–Kier alpha value is -2.19. The maximum atomic E-state index is 12.5. The minimum Gasteiger partial charge on any atom is -0.496 e. The van der Waals surface area contributed by atoms with Gasteiger partial charge in [0.1, 0.15) is 5.75 Å². The molecule has 1 aromatic heterocycles. The number of oxazole rings is 1. The second-order valence-corrected chi connectivity index (χ2v) is 7.17. The van der Waals surface area contributed by atoms with Gasteiger partial charge in [-0.3, -0.25) is 4.79 Å². The van der Waals surface area contributed by atoms with Gasteiger partial charge < -0.3 is 14.5 Å². The fourth-order valence-electron chi connectivity index (χ4n) is 2.43. The third-order valence-electron chi connectivity index (χ3n) is 3.50. The lowest BCUT2D eigenvalue weighted by Crippen LogP contribution is -2.42. The van der Waals surface area contributed by atoms with Crippen molar-refractivity contribution in [3.05, 3.63) is 30.8 Å². The molecule has 136 valence electrons. The Bertz CT molecular complexity index is 731. The van der Waals surface area contributed by atoms with E-state index in [-0.39, 0.29) is 11.8 Å². The lowest BCUT2D eigenvalue weighted by molar-refractivity contribution is -0.118. The summed E-state index contributed by atoms with van der Waals surface area (Å²) in [7, 11) is 0.270. The normalized spacial score (nSPS) is 13.5. The quantitative estimate of drug-likeness (QED) is 0.750. The van der Waals surface area contributed by atoms with E-state index in [1.165, 1.54) is 12.6 Å². The third kappa shape index (κ3) is 5.40. The van der Waals surface area contributed by atoms with E-state index >= 15 is 0 Å². The van der Waals surface area contributed by atoms with Crippen LogP contribution in [0.25, 0.3) is 11.3 Å². The number of nitrogens with one attached hydrogen (secondary N) is 2. The van der Waals surface area contributed by atoms with Gasteiger partial charge in [0.25, 0.3) is 0 Å². The van der Waals surface area contributed by atoms with Crippen molar-refractivity contribution in [2.75, 3.05) is 18.7 Å². The van der Waals surface area contributed by atoms with E-state index in [1.54, 1.807) is 31.5 Å². The highest BCUT2D eigenvalue weighted by atomic mass is 32.2. The number of anilines is 1. The Morgan fingerprint density at radius 3 is 2.72 bits per heavy atom. The number of carbonyl (C=O) groups excluding carboxylic acids is 1. The summed E-state index contributed by atoms with van der Waals surface area (Å²) in [6.07, 6.45) is 5.03. The lowest BCUT2D eigenvalue weighted by atomic mass is 10.0. The zero-order chi connectivity index (χ0) is 18.4. The van der Waals surface area contributed by atoms with E-state index < -0.39 is 17.0 Å². The van der Waals surface area contributed by atoms with Gasteiger partial charge in [0.2, 0.25) is 5.91 Å². The fraction of sp³-hybridized carbons (Fsp3) is 0.412. The van der Waals surface area contributed by atoms with Gasteiger partial charge in [-0.2, -0.15) is 0 Å². The maximum Gasteiger partial charge on any atom is 0.242 e. The molecule has 2 N–H and O–H groups in total. The molecule has 0 aliphatic carbocycles. The summed E-state index contributed by atoms with van der Waals surface area (Å²) in [6.45, 7) is 4.02. The lowest BCUT2D eigenvalue weighted by Gasteiger charge is -2.19. The van der Waals surface area contributed by atoms with Crippen LogP contribution in [0.4, 0.5) is 5.69 Å². The van der Waals surface area contributed by atoms with Crippen LogP contribution in [0.5, 0.6) is 5.75 Å². The van der Waals surface area contributed by atoms with Crippen LogP contribution in [-0.2, 0) is 15.8 Å². The van der Waals surface area contributed by atoms with E-state index in [0.29, 0.717) is 23.6 Å². The van der Waals surface area contributed by atoms with Crippen LogP contribution in [-0.4, -0.2) is 34.5 Å². The summed E-state index contributed by atoms with van der Waals surface area (Å²) in [5.41, 5.74) is 1.33. The molecule has 0 aliphatic heterocycles. The Morgan fingerprint density at radius 1 is 1.40 bits per heavy atom. The van der Waals surface area contributed by atoms with Gasteiger partial charge in [-0.15, -0.1) is 0 Å². The molecule has 1 amide bonds. The molecule has 1 heterocycles. The number of hydrogen-bond acceptors (Lipinski definition) is 5. The summed E-state index contributed by atoms with van der Waals surface area (Å²) in [5.74, 6) is 1.19. The summed E-state index contributed by atoms with van der Waals surface area (Å²) in [6, 6.07) is 4.72. The van der Waals surface area contributed by atoms with Crippen molar-refractivity contribution in [3.63, 3.8) is 0 Å². The van der Waals surface area contributed by atoms with E-state index in [1.807, 2.05) is 13.8 Å². The highest BCUT2D eigenvalue weighted by Gasteiger charge is 2.21. The van der Waals surface area contributed by atoms with Crippen LogP contribution < -0.4 is 14.8 Å². The largest absolute Gasteiger partial charge is 0.496 e. The van der Waals surface area contributed by atoms with Crippen molar-refractivity contribution in [2.45, 2.75) is 26.3 Å². The van der Waals surface area contributed by atoms with E-state index in [9.17, 15) is 9.00 Å². The van der Waals surface area contributed by atoms with Crippen LogP contribution >= 0.6 is 0 Å². The highest BCUT2D eigenvalue weighted by Crippen LogP contribution is 2.32. The predicted molar refractivity (Wildman–Crippen MR) is 97.6 cm³/mol. The molecule has 2 rings (SSSR count). The Kier molecular flexibility index (Phi) is 6.72. The maximum absolute atomic E-state index is 12.5. The van der Waals surface area contributed by atoms with Gasteiger partial charge in [-0.05, 0) is 24.5 Å². The van der Waals surface area contributed by atoms with Crippen molar-refractivity contribution >= 4 is 22.6 Å². The van der Waals surface area contributed by atoms with Crippen LogP contribution in [0.3, 0.4) is 0 Å². The smallest absolute Gasteiger partial charge is 0.242 e. The second-order valence-electron chi connectivity index (χ2n) is 6.02. The first-order valence-corrected chi connectivity index (χ1v) is 9.44. The van der Waals surface area contributed by atoms with Gasteiger partial charge >= 0.3 is 0 Å². The first kappa shape index (κ1) is 19.1. The monoisotopic (exact) mass is 365 g/mol. The van der Waals surface area contributed by atoms with Gasteiger partial charge in [0, 0.05) is 18.0 Å². The number of amides is 1. The number of carbonyl (C=O) groups is 1. The Balaban J connectivity index is 2.18. The molecule has 0 aliphatic rings. The Morgan fingerprint density at radius 2 is 2.16 bits per heavy atom. The molecule has 0 radical (unpaired) electrons. The molecular weight excluding hydrogens is 342 g/mol. The number of hydrogen-bond donors (Lipinski definition) is 2. The van der Waals surface area contributed by atoms with Gasteiger partial charge in [0.15, 0.2) is 12.2 Å². The molecule has 0 saturated heterocycles. The number of rotatable bonds is 8. The van der Waals surface area contributed by atoms with Crippen molar-refractivity contribution in [1.29, 1.82) is 0 Å². The van der Waals surface area contributed by atoms with E-state index in [4.69, 9.17) is 9.15 Å². The first-order valence-electron chi connectivity index (χ1n) is 7.88. The molecule has 8 heteroatoms. The third-order valence-corrected chi connectivity index (χ3v) is 4.12. The number of aromatic nitrogens is 1. The van der Waals surface area contributed by atoms with Gasteiger partial charge in [-0.25, -0.2) is 13.9 Å². The SMILES string of the molecule is COc1cc(NC(=O)C(CC(C)C)NS(C)=O)ccc1-c1cnco1. The molecule has 7 nitrogen and oxygen atoms in total. The van der Waals surface area contributed by atoms with Gasteiger partial charge in [-0.1, -0.05) is 13.8 Å². The zero-order valence-electron chi connectivity index (χ0n) is 14.7. The van der Waals surface area contributed by atoms with Gasteiger partial charge in [0.05, 0.1) is 35.9 Å². The van der Waals surface area contributed by atoms with Crippen LogP contribution in [0.2, 0.25) is 0 Å². The molecule has 2 aromatic rings. The molecule has 0 bridgehead atoms. The fourth-order valence-corrected chi connectivity index (χ4v) is 3.04. The number of methoxy groups -OCH3 is 1. The highest BCUT2D eigenvalue weighted by molar-refractivity contribution is 7.82. The minimum absolute atomic E-state index is 0.238. The Labute approximate surface area is 149 Å². The number of nitrogens with zero attached hydrogens (tertiary/aromatic N) is 1. The molecule has 0 saturated carbocycles. The number of benzene rings is 1. The second kappa shape index (κ2) is 8.77.